The Bertz CT molecular complexity index is 572. The number of oxime groups is 1. The zero-order chi connectivity index (χ0) is 16.9. The number of piperidine rings is 1. The Morgan fingerprint density at radius 2 is 1.57 bits per heavy atom. The van der Waals surface area contributed by atoms with Crippen LogP contribution in [0.2, 0.25) is 0 Å². The van der Waals surface area contributed by atoms with E-state index in [9.17, 15) is 14.4 Å². The maximum absolute atomic E-state index is 12.6. The van der Waals surface area contributed by atoms with E-state index >= 15 is 0 Å². The van der Waals surface area contributed by atoms with Crippen molar-refractivity contribution in [1.29, 1.82) is 0 Å². The average Bonchev–Trinajstić information content (AvgIpc) is 2.89. The molecule has 9 heteroatoms. The van der Waals surface area contributed by atoms with Crippen LogP contribution in [0.5, 0.6) is 0 Å². The second kappa shape index (κ2) is 5.10. The summed E-state index contributed by atoms with van der Waals surface area (Å²) in [4.78, 5) is 47.7. The van der Waals surface area contributed by atoms with Gasteiger partial charge in [-0.15, -0.1) is 0 Å². The average molecular weight is 323 g/mol. The van der Waals surface area contributed by atoms with Crippen LogP contribution >= 0.6 is 0 Å². The van der Waals surface area contributed by atoms with Crippen LogP contribution in [0.1, 0.15) is 19.8 Å². The molecule has 0 aromatic heterocycles. The predicted molar refractivity (Wildman–Crippen MR) is 79.9 cm³/mol. The number of carbonyl (C=O) groups is 3. The van der Waals surface area contributed by atoms with Gasteiger partial charge in [-0.1, -0.05) is 6.92 Å². The van der Waals surface area contributed by atoms with Crippen molar-refractivity contribution >= 4 is 23.8 Å². The van der Waals surface area contributed by atoms with Crippen LogP contribution in [0.25, 0.3) is 0 Å². The molecule has 0 aromatic rings. The first kappa shape index (κ1) is 15.6. The van der Waals surface area contributed by atoms with Crippen molar-refractivity contribution in [2.45, 2.75) is 25.5 Å². The molecule has 3 heterocycles. The lowest BCUT2D eigenvalue weighted by molar-refractivity contribution is -0.186. The van der Waals surface area contributed by atoms with Gasteiger partial charge in [0.05, 0.1) is 0 Å². The minimum absolute atomic E-state index is 0.453. The molecule has 0 saturated carbocycles. The number of rotatable bonds is 0. The summed E-state index contributed by atoms with van der Waals surface area (Å²) in [6, 6.07) is -0.678. The van der Waals surface area contributed by atoms with Crippen LogP contribution in [-0.2, 0) is 14.4 Å². The Hall–Kier alpha value is -2.32. The zero-order valence-corrected chi connectivity index (χ0v) is 13.8. The van der Waals surface area contributed by atoms with E-state index in [1.807, 2.05) is 4.90 Å². The second-order valence-corrected chi connectivity index (χ2v) is 6.37. The van der Waals surface area contributed by atoms with E-state index < -0.39 is 23.6 Å². The summed E-state index contributed by atoms with van der Waals surface area (Å²) >= 11 is 0. The SMILES string of the molecule is CC1CCN(C2=NOC3(C(=O)N(C)C(=O)N(C)C3=O)N2C)CC1. The van der Waals surface area contributed by atoms with Crippen molar-refractivity contribution in [3.8, 4) is 0 Å². The summed E-state index contributed by atoms with van der Waals surface area (Å²) < 4.78 is 0. The lowest BCUT2D eigenvalue weighted by Crippen LogP contribution is -2.73. The van der Waals surface area contributed by atoms with Gasteiger partial charge in [0.15, 0.2) is 0 Å². The zero-order valence-electron chi connectivity index (χ0n) is 13.8. The first-order valence-electron chi connectivity index (χ1n) is 7.66. The molecule has 3 aliphatic heterocycles. The number of hydrogen-bond donors (Lipinski definition) is 0. The Morgan fingerprint density at radius 1 is 1.04 bits per heavy atom. The molecular weight excluding hydrogens is 302 g/mol. The summed E-state index contributed by atoms with van der Waals surface area (Å²) in [6.45, 7) is 3.77. The molecule has 1 spiro atoms. The van der Waals surface area contributed by atoms with E-state index in [-0.39, 0.29) is 0 Å². The molecule has 3 aliphatic rings. The predicted octanol–water partition coefficient (Wildman–Crippen LogP) is -0.302. The number of likely N-dealkylation sites (N-methyl/N-ethyl adjacent to an activating group) is 3. The van der Waals surface area contributed by atoms with E-state index in [1.54, 1.807) is 7.05 Å². The highest BCUT2D eigenvalue weighted by atomic mass is 16.7. The van der Waals surface area contributed by atoms with Gasteiger partial charge in [0.2, 0.25) is 5.96 Å². The van der Waals surface area contributed by atoms with Gasteiger partial charge < -0.3 is 9.74 Å². The molecule has 2 fully saturated rings. The van der Waals surface area contributed by atoms with Gasteiger partial charge >= 0.3 is 23.6 Å². The fourth-order valence-corrected chi connectivity index (χ4v) is 3.16. The van der Waals surface area contributed by atoms with Crippen LogP contribution < -0.4 is 0 Å². The highest BCUT2D eigenvalue weighted by Crippen LogP contribution is 2.33. The molecule has 0 aromatic carbocycles. The maximum atomic E-state index is 12.6. The molecule has 0 unspecified atom stereocenters. The monoisotopic (exact) mass is 323 g/mol. The number of imide groups is 2. The highest BCUT2D eigenvalue weighted by molar-refractivity contribution is 6.22. The van der Waals surface area contributed by atoms with Crippen LogP contribution in [-0.4, -0.2) is 83.4 Å². The van der Waals surface area contributed by atoms with Gasteiger partial charge in [0.1, 0.15) is 0 Å². The normalized spacial score (nSPS) is 25.4. The van der Waals surface area contributed by atoms with E-state index in [4.69, 9.17) is 4.84 Å². The number of carbonyl (C=O) groups excluding carboxylic acids is 3. The lowest BCUT2D eigenvalue weighted by atomic mass is 9.99. The largest absolute Gasteiger partial charge is 0.370 e. The molecule has 0 bridgehead atoms. The minimum Gasteiger partial charge on any atom is -0.342 e. The van der Waals surface area contributed by atoms with Crippen LogP contribution in [0, 0.1) is 5.92 Å². The summed E-state index contributed by atoms with van der Waals surface area (Å²) in [6.07, 6.45) is 2.03. The van der Waals surface area contributed by atoms with E-state index in [2.05, 4.69) is 12.1 Å². The Labute approximate surface area is 134 Å². The fourth-order valence-electron chi connectivity index (χ4n) is 3.16. The molecule has 3 rings (SSSR count). The maximum Gasteiger partial charge on any atom is 0.370 e. The fraction of sp³-hybridized carbons (Fsp3) is 0.714. The quantitative estimate of drug-likeness (QED) is 0.569. The smallest absolute Gasteiger partial charge is 0.342 e. The number of barbiturate groups is 1. The van der Waals surface area contributed by atoms with Gasteiger partial charge in [-0.3, -0.25) is 24.3 Å². The van der Waals surface area contributed by atoms with E-state index in [0.29, 0.717) is 11.9 Å². The Balaban J connectivity index is 1.88. The molecule has 4 amide bonds. The lowest BCUT2D eigenvalue weighted by Gasteiger charge is -2.42. The minimum atomic E-state index is -1.92. The summed E-state index contributed by atoms with van der Waals surface area (Å²) in [7, 11) is 4.25. The van der Waals surface area contributed by atoms with Crippen molar-refractivity contribution in [3.05, 3.63) is 0 Å². The summed E-state index contributed by atoms with van der Waals surface area (Å²) in [5.74, 6) is -0.356. The number of likely N-dealkylation sites (tertiary alicyclic amines) is 1. The number of nitrogens with zero attached hydrogens (tertiary/aromatic N) is 5. The molecule has 0 atom stereocenters. The van der Waals surface area contributed by atoms with E-state index in [0.717, 1.165) is 35.7 Å². The van der Waals surface area contributed by atoms with Gasteiger partial charge in [-0.2, -0.15) is 0 Å². The number of urea groups is 1. The molecule has 0 aliphatic carbocycles. The van der Waals surface area contributed by atoms with Gasteiger partial charge in [-0.25, -0.2) is 4.79 Å². The molecule has 0 N–H and O–H groups in total. The number of guanidine groups is 1. The van der Waals surface area contributed by atoms with Crippen molar-refractivity contribution in [1.82, 2.24) is 19.6 Å². The second-order valence-electron chi connectivity index (χ2n) is 6.37. The first-order valence-corrected chi connectivity index (χ1v) is 7.66. The Kier molecular flexibility index (Phi) is 3.46. The molecule has 2 saturated heterocycles. The molecule has 23 heavy (non-hydrogen) atoms. The number of hydrogen-bond acceptors (Lipinski definition) is 7. The van der Waals surface area contributed by atoms with Crippen LogP contribution in [0.15, 0.2) is 5.16 Å². The number of amides is 4. The molecule has 0 radical (unpaired) electrons. The highest BCUT2D eigenvalue weighted by Gasteiger charge is 2.65. The molecular formula is C14H21N5O4. The molecule has 9 nitrogen and oxygen atoms in total. The van der Waals surface area contributed by atoms with Gasteiger partial charge in [-0.05, 0) is 23.9 Å². The topological polar surface area (TPSA) is 85.8 Å². The summed E-state index contributed by atoms with van der Waals surface area (Å²) in [5, 5.41) is 4.00. The van der Waals surface area contributed by atoms with Gasteiger partial charge in [0.25, 0.3) is 0 Å². The Morgan fingerprint density at radius 3 is 2.09 bits per heavy atom. The van der Waals surface area contributed by atoms with Crippen molar-refractivity contribution in [2.75, 3.05) is 34.2 Å². The van der Waals surface area contributed by atoms with E-state index in [1.165, 1.54) is 19.0 Å². The third-order valence-corrected chi connectivity index (χ3v) is 4.86. The first-order chi connectivity index (χ1) is 10.8. The van der Waals surface area contributed by atoms with Crippen molar-refractivity contribution < 1.29 is 19.2 Å². The van der Waals surface area contributed by atoms with Crippen LogP contribution in [0.3, 0.4) is 0 Å². The third-order valence-electron chi connectivity index (χ3n) is 4.86. The van der Waals surface area contributed by atoms with Crippen molar-refractivity contribution in [3.63, 3.8) is 0 Å². The van der Waals surface area contributed by atoms with Crippen LogP contribution in [0.4, 0.5) is 4.79 Å². The molecule has 126 valence electrons. The van der Waals surface area contributed by atoms with Gasteiger partial charge in [0, 0.05) is 34.2 Å². The van der Waals surface area contributed by atoms with Crippen molar-refractivity contribution in [2.24, 2.45) is 11.1 Å². The third kappa shape index (κ3) is 1.98. The standard InChI is InChI=1S/C14H21N5O4/c1-9-5-7-19(8-6-9)12-15-23-14(18(12)4)10(20)16(2)13(22)17(3)11(14)21/h9H,5-8H2,1-4H3. The summed E-state index contributed by atoms with van der Waals surface area (Å²) in [5.41, 5.74) is -1.92.